The summed E-state index contributed by atoms with van der Waals surface area (Å²) in [5.41, 5.74) is 1.53. The van der Waals surface area contributed by atoms with Crippen LogP contribution in [0.1, 0.15) is 31.6 Å². The van der Waals surface area contributed by atoms with Crippen LogP contribution in [0.25, 0.3) is 0 Å². The summed E-state index contributed by atoms with van der Waals surface area (Å²) in [4.78, 5) is 0. The molecule has 0 heterocycles. The maximum Gasteiger partial charge on any atom is 0.0315 e. The van der Waals surface area contributed by atoms with Crippen molar-refractivity contribution in [3.8, 4) is 0 Å². The Morgan fingerprint density at radius 2 is 1.58 bits per heavy atom. The summed E-state index contributed by atoms with van der Waals surface area (Å²) < 4.78 is 0. The van der Waals surface area contributed by atoms with Crippen LogP contribution in [0.3, 0.4) is 0 Å². The predicted molar refractivity (Wildman–Crippen MR) is 57.6 cm³/mol. The lowest BCUT2D eigenvalue weighted by atomic mass is 9.87. The second-order valence-electron chi connectivity index (χ2n) is 4.18. The molecule has 0 saturated carbocycles. The van der Waals surface area contributed by atoms with Crippen LogP contribution >= 0.6 is 12.6 Å². The fraction of sp³-hybridized carbons (Fsp3) is 0.455. The van der Waals surface area contributed by atoms with Crippen LogP contribution in [0.15, 0.2) is 30.3 Å². The van der Waals surface area contributed by atoms with E-state index in [-0.39, 0.29) is 5.41 Å². The highest BCUT2D eigenvalue weighted by atomic mass is 32.1. The van der Waals surface area contributed by atoms with Crippen LogP contribution in [0.4, 0.5) is 0 Å². The molecule has 0 aliphatic heterocycles. The van der Waals surface area contributed by atoms with Crippen molar-refractivity contribution in [2.75, 3.05) is 0 Å². The first-order valence-corrected chi connectivity index (χ1v) is 4.76. The molecule has 0 aliphatic carbocycles. The molecule has 0 spiro atoms. The van der Waals surface area contributed by atoms with Gasteiger partial charge in [-0.15, -0.1) is 0 Å². The minimum Gasteiger partial charge on any atom is -0.171 e. The number of benzene rings is 1. The third kappa shape index (κ3) is 2.28. The van der Waals surface area contributed by atoms with Crippen LogP contribution in [0, 0.1) is 5.41 Å². The van der Waals surface area contributed by atoms with E-state index in [0.717, 1.165) is 0 Å². The quantitative estimate of drug-likeness (QED) is 0.626. The summed E-state index contributed by atoms with van der Waals surface area (Å²) in [6.07, 6.45) is 0. The molecule has 0 nitrogen and oxygen atoms in total. The van der Waals surface area contributed by atoms with Gasteiger partial charge in [-0.1, -0.05) is 51.1 Å². The molecule has 1 atom stereocenters. The Hall–Kier alpha value is -0.430. The minimum absolute atomic E-state index is 0.227. The highest BCUT2D eigenvalue weighted by Crippen LogP contribution is 2.37. The van der Waals surface area contributed by atoms with Gasteiger partial charge in [-0.05, 0) is 11.0 Å². The molecular weight excluding hydrogens is 164 g/mol. The second kappa shape index (κ2) is 3.53. The van der Waals surface area contributed by atoms with Gasteiger partial charge in [0.15, 0.2) is 0 Å². The lowest BCUT2D eigenvalue weighted by Crippen LogP contribution is -2.12. The van der Waals surface area contributed by atoms with Crippen molar-refractivity contribution < 1.29 is 0 Å². The zero-order valence-corrected chi connectivity index (χ0v) is 8.81. The first kappa shape index (κ1) is 9.66. The van der Waals surface area contributed by atoms with Crippen molar-refractivity contribution in [3.05, 3.63) is 35.9 Å². The van der Waals surface area contributed by atoms with E-state index in [0.29, 0.717) is 5.25 Å². The number of rotatable bonds is 1. The normalized spacial score (nSPS) is 14.3. The second-order valence-corrected chi connectivity index (χ2v) is 4.70. The van der Waals surface area contributed by atoms with Crippen molar-refractivity contribution in [3.63, 3.8) is 0 Å². The summed E-state index contributed by atoms with van der Waals surface area (Å²) in [7, 11) is 0. The van der Waals surface area contributed by atoms with Crippen molar-refractivity contribution in [1.82, 2.24) is 0 Å². The van der Waals surface area contributed by atoms with Gasteiger partial charge in [0.25, 0.3) is 0 Å². The van der Waals surface area contributed by atoms with Crippen molar-refractivity contribution >= 4 is 12.6 Å². The third-order valence-electron chi connectivity index (χ3n) is 1.94. The fourth-order valence-electron chi connectivity index (χ4n) is 1.14. The van der Waals surface area contributed by atoms with E-state index in [9.17, 15) is 0 Å². The SMILES string of the molecule is CC(C)(C)C(S)c1ccccc1. The molecule has 0 N–H and O–H groups in total. The van der Waals surface area contributed by atoms with Gasteiger partial charge in [-0.25, -0.2) is 0 Å². The van der Waals surface area contributed by atoms with Crippen LogP contribution in [0.2, 0.25) is 0 Å². The maximum atomic E-state index is 4.60. The topological polar surface area (TPSA) is 0 Å². The molecule has 0 bridgehead atoms. The zero-order valence-electron chi connectivity index (χ0n) is 7.91. The molecule has 0 saturated heterocycles. The summed E-state index contributed by atoms with van der Waals surface area (Å²) >= 11 is 4.60. The molecule has 0 aromatic heterocycles. The smallest absolute Gasteiger partial charge is 0.0315 e. The van der Waals surface area contributed by atoms with Gasteiger partial charge in [0, 0.05) is 5.25 Å². The van der Waals surface area contributed by atoms with Gasteiger partial charge >= 0.3 is 0 Å². The Bertz CT molecular complexity index is 233. The van der Waals surface area contributed by atoms with Crippen LogP contribution < -0.4 is 0 Å². The van der Waals surface area contributed by atoms with Crippen molar-refractivity contribution in [1.29, 1.82) is 0 Å². The summed E-state index contributed by atoms with van der Waals surface area (Å²) in [5.74, 6) is 0. The first-order chi connectivity index (χ1) is 5.52. The van der Waals surface area contributed by atoms with Crippen LogP contribution in [-0.4, -0.2) is 0 Å². The molecule has 12 heavy (non-hydrogen) atoms. The Morgan fingerprint density at radius 1 is 1.08 bits per heavy atom. The average Bonchev–Trinajstić information content (AvgIpc) is 2.03. The average molecular weight is 180 g/mol. The van der Waals surface area contributed by atoms with E-state index >= 15 is 0 Å². The Morgan fingerprint density at radius 3 is 2.00 bits per heavy atom. The zero-order chi connectivity index (χ0) is 9.19. The van der Waals surface area contributed by atoms with Gasteiger partial charge in [0.1, 0.15) is 0 Å². The number of hydrogen-bond acceptors (Lipinski definition) is 1. The van der Waals surface area contributed by atoms with Crippen LogP contribution in [-0.2, 0) is 0 Å². The molecular formula is C11H16S. The van der Waals surface area contributed by atoms with Crippen molar-refractivity contribution in [2.45, 2.75) is 26.0 Å². The first-order valence-electron chi connectivity index (χ1n) is 4.25. The fourth-order valence-corrected chi connectivity index (χ4v) is 1.31. The molecule has 1 aromatic rings. The van der Waals surface area contributed by atoms with Crippen LogP contribution in [0.5, 0.6) is 0 Å². The molecule has 0 fully saturated rings. The highest BCUT2D eigenvalue weighted by Gasteiger charge is 2.21. The van der Waals surface area contributed by atoms with E-state index in [2.05, 4.69) is 57.7 Å². The molecule has 1 aromatic carbocycles. The molecule has 0 amide bonds. The predicted octanol–water partition coefficient (Wildman–Crippen LogP) is 3.70. The van der Waals surface area contributed by atoms with Gasteiger partial charge in [-0.2, -0.15) is 12.6 Å². The standard InChI is InChI=1S/C11H16S/c1-11(2,3)10(12)9-7-5-4-6-8-9/h4-8,10,12H,1-3H3. The monoisotopic (exact) mass is 180 g/mol. The van der Waals surface area contributed by atoms with E-state index < -0.39 is 0 Å². The van der Waals surface area contributed by atoms with E-state index in [1.54, 1.807) is 0 Å². The molecule has 0 aliphatic rings. The molecule has 66 valence electrons. The summed E-state index contributed by atoms with van der Waals surface area (Å²) in [6.45, 7) is 6.62. The van der Waals surface area contributed by atoms with E-state index in [1.807, 2.05) is 6.07 Å². The van der Waals surface area contributed by atoms with Gasteiger partial charge in [0.2, 0.25) is 0 Å². The molecule has 1 unspecified atom stereocenters. The number of thiol groups is 1. The molecule has 0 radical (unpaired) electrons. The van der Waals surface area contributed by atoms with E-state index in [4.69, 9.17) is 0 Å². The lowest BCUT2D eigenvalue weighted by Gasteiger charge is -2.26. The van der Waals surface area contributed by atoms with Gasteiger partial charge < -0.3 is 0 Å². The molecule has 1 rings (SSSR count). The summed E-state index contributed by atoms with van der Waals surface area (Å²) in [5, 5.41) is 0.318. The lowest BCUT2D eigenvalue weighted by molar-refractivity contribution is 0.403. The largest absolute Gasteiger partial charge is 0.171 e. The van der Waals surface area contributed by atoms with E-state index in [1.165, 1.54) is 5.56 Å². The van der Waals surface area contributed by atoms with Crippen molar-refractivity contribution in [2.24, 2.45) is 5.41 Å². The van der Waals surface area contributed by atoms with Gasteiger partial charge in [0.05, 0.1) is 0 Å². The van der Waals surface area contributed by atoms with Gasteiger partial charge in [-0.3, -0.25) is 0 Å². The molecule has 1 heteroatoms. The highest BCUT2D eigenvalue weighted by molar-refractivity contribution is 7.80. The minimum atomic E-state index is 0.227. The third-order valence-corrected chi connectivity index (χ3v) is 3.01. The summed E-state index contributed by atoms with van der Waals surface area (Å²) in [6, 6.07) is 10.4. The Labute approximate surface area is 80.4 Å². The Balaban J connectivity index is 2.86. The Kier molecular flexibility index (Phi) is 2.84. The maximum absolute atomic E-state index is 4.60. The number of hydrogen-bond donors (Lipinski definition) is 1.